The molecule has 2 heterocycles. The van der Waals surface area contributed by atoms with E-state index < -0.39 is 5.69 Å². The highest BCUT2D eigenvalue weighted by Crippen LogP contribution is 2.17. The van der Waals surface area contributed by atoms with Crippen molar-refractivity contribution in [3.63, 3.8) is 0 Å². The van der Waals surface area contributed by atoms with Gasteiger partial charge in [-0.25, -0.2) is 4.79 Å². The van der Waals surface area contributed by atoms with Gasteiger partial charge in [-0.05, 0) is 31.2 Å². The van der Waals surface area contributed by atoms with E-state index >= 15 is 0 Å². The first kappa shape index (κ1) is 17.9. The molecule has 3 rings (SSSR count). The van der Waals surface area contributed by atoms with Crippen molar-refractivity contribution in [2.75, 3.05) is 6.54 Å². The summed E-state index contributed by atoms with van der Waals surface area (Å²) in [5.74, 6) is 0.180. The van der Waals surface area contributed by atoms with Crippen LogP contribution in [0, 0.1) is 6.92 Å². The van der Waals surface area contributed by atoms with Crippen LogP contribution in [0.15, 0.2) is 53.5 Å². The molecule has 0 bridgehead atoms. The van der Waals surface area contributed by atoms with Crippen molar-refractivity contribution >= 4 is 17.5 Å². The fraction of sp³-hybridized carbons (Fsp3) is 0.222. The molecule has 134 valence electrons. The monoisotopic (exact) mass is 371 g/mol. The number of nitrogens with zero attached hydrogens (tertiary/aromatic N) is 4. The van der Waals surface area contributed by atoms with Gasteiger partial charge in [-0.15, -0.1) is 0 Å². The van der Waals surface area contributed by atoms with Crippen molar-refractivity contribution in [2.24, 2.45) is 0 Å². The van der Waals surface area contributed by atoms with Gasteiger partial charge in [-0.3, -0.25) is 14.3 Å². The van der Waals surface area contributed by atoms with Crippen LogP contribution in [0.1, 0.15) is 11.5 Å². The zero-order chi connectivity index (χ0) is 18.5. The molecular formula is C18H18ClN5O2. The number of carbonyl (C=O) groups is 1. The second-order valence-electron chi connectivity index (χ2n) is 5.70. The van der Waals surface area contributed by atoms with Gasteiger partial charge in [0.05, 0.1) is 10.7 Å². The van der Waals surface area contributed by atoms with Gasteiger partial charge < -0.3 is 5.32 Å². The number of halogens is 1. The molecule has 0 radical (unpaired) electrons. The molecule has 2 aromatic heterocycles. The highest BCUT2D eigenvalue weighted by molar-refractivity contribution is 6.32. The second-order valence-corrected chi connectivity index (χ2v) is 6.11. The molecular weight excluding hydrogens is 354 g/mol. The van der Waals surface area contributed by atoms with E-state index in [1.165, 1.54) is 9.25 Å². The minimum Gasteiger partial charge on any atom is -0.354 e. The number of amides is 1. The largest absolute Gasteiger partial charge is 0.354 e. The summed E-state index contributed by atoms with van der Waals surface area (Å²) in [4.78, 5) is 29.0. The quantitative estimate of drug-likeness (QED) is 0.715. The van der Waals surface area contributed by atoms with Crippen molar-refractivity contribution in [1.82, 2.24) is 24.6 Å². The maximum absolute atomic E-state index is 12.6. The number of para-hydroxylation sites is 1. The van der Waals surface area contributed by atoms with Gasteiger partial charge in [0, 0.05) is 24.9 Å². The van der Waals surface area contributed by atoms with E-state index in [9.17, 15) is 9.59 Å². The minimum absolute atomic E-state index is 0.0999. The molecule has 26 heavy (non-hydrogen) atoms. The number of nitrogens with one attached hydrogen (secondary N) is 1. The maximum Gasteiger partial charge on any atom is 0.351 e. The SMILES string of the molecule is Cc1nn(-c2ccccc2Cl)c(=O)n1CC(=O)NCCc1ccccn1. The van der Waals surface area contributed by atoms with E-state index in [0.29, 0.717) is 29.5 Å². The molecule has 1 N–H and O–H groups in total. The summed E-state index contributed by atoms with van der Waals surface area (Å²) in [6.45, 7) is 2.02. The van der Waals surface area contributed by atoms with Gasteiger partial charge in [0.15, 0.2) is 0 Å². The molecule has 8 heteroatoms. The number of rotatable bonds is 6. The maximum atomic E-state index is 12.6. The summed E-state index contributed by atoms with van der Waals surface area (Å²) in [5, 5.41) is 7.42. The summed E-state index contributed by atoms with van der Waals surface area (Å²) in [6.07, 6.45) is 2.34. The lowest BCUT2D eigenvalue weighted by atomic mass is 10.3. The summed E-state index contributed by atoms with van der Waals surface area (Å²) < 4.78 is 2.53. The number of aryl methyl sites for hydroxylation is 1. The zero-order valence-electron chi connectivity index (χ0n) is 14.2. The van der Waals surface area contributed by atoms with Crippen LogP contribution in [0.5, 0.6) is 0 Å². The fourth-order valence-electron chi connectivity index (χ4n) is 2.53. The van der Waals surface area contributed by atoms with E-state index in [-0.39, 0.29) is 12.5 Å². The molecule has 0 aliphatic rings. The Morgan fingerprint density at radius 3 is 2.69 bits per heavy atom. The zero-order valence-corrected chi connectivity index (χ0v) is 15.0. The summed E-state index contributed by atoms with van der Waals surface area (Å²) in [7, 11) is 0. The van der Waals surface area contributed by atoms with E-state index in [1.54, 1.807) is 37.4 Å². The first-order valence-corrected chi connectivity index (χ1v) is 8.52. The Morgan fingerprint density at radius 2 is 1.96 bits per heavy atom. The Bertz CT molecular complexity index is 965. The lowest BCUT2D eigenvalue weighted by molar-refractivity contribution is -0.121. The van der Waals surface area contributed by atoms with Gasteiger partial charge in [0.2, 0.25) is 5.91 Å². The minimum atomic E-state index is -0.407. The van der Waals surface area contributed by atoms with Crippen LogP contribution in [-0.4, -0.2) is 31.8 Å². The average Bonchev–Trinajstić information content (AvgIpc) is 2.91. The van der Waals surface area contributed by atoms with Crippen LogP contribution < -0.4 is 11.0 Å². The number of hydrogen-bond donors (Lipinski definition) is 1. The van der Waals surface area contributed by atoms with Crippen molar-refractivity contribution in [3.05, 3.63) is 75.7 Å². The smallest absolute Gasteiger partial charge is 0.351 e. The Kier molecular flexibility index (Phi) is 5.48. The van der Waals surface area contributed by atoms with Crippen LogP contribution >= 0.6 is 11.6 Å². The molecule has 0 spiro atoms. The molecule has 0 unspecified atom stereocenters. The molecule has 3 aromatic rings. The Labute approximate surface area is 155 Å². The molecule has 0 fully saturated rings. The van der Waals surface area contributed by atoms with E-state index in [4.69, 9.17) is 11.6 Å². The third kappa shape index (κ3) is 4.00. The molecule has 1 amide bonds. The fourth-order valence-corrected chi connectivity index (χ4v) is 2.75. The number of pyridine rings is 1. The molecule has 0 saturated carbocycles. The first-order valence-electron chi connectivity index (χ1n) is 8.14. The molecule has 0 aliphatic heterocycles. The van der Waals surface area contributed by atoms with E-state index in [0.717, 1.165) is 5.69 Å². The third-order valence-electron chi connectivity index (χ3n) is 3.86. The molecule has 7 nitrogen and oxygen atoms in total. The summed E-state index contributed by atoms with van der Waals surface area (Å²) in [5.41, 5.74) is 0.972. The van der Waals surface area contributed by atoms with Crippen LogP contribution in [-0.2, 0) is 17.8 Å². The van der Waals surface area contributed by atoms with Gasteiger partial charge in [-0.1, -0.05) is 29.8 Å². The molecule has 0 saturated heterocycles. The predicted molar refractivity (Wildman–Crippen MR) is 98.5 cm³/mol. The topological polar surface area (TPSA) is 81.8 Å². The number of benzene rings is 1. The number of carbonyl (C=O) groups excluding carboxylic acids is 1. The molecule has 1 aromatic carbocycles. The molecule has 0 atom stereocenters. The van der Waals surface area contributed by atoms with Crippen LogP contribution in [0.25, 0.3) is 5.69 Å². The van der Waals surface area contributed by atoms with E-state index in [1.807, 2.05) is 18.2 Å². The van der Waals surface area contributed by atoms with E-state index in [2.05, 4.69) is 15.4 Å². The average molecular weight is 372 g/mol. The van der Waals surface area contributed by atoms with Crippen LogP contribution in [0.3, 0.4) is 0 Å². The van der Waals surface area contributed by atoms with Crippen LogP contribution in [0.2, 0.25) is 5.02 Å². The lowest BCUT2D eigenvalue weighted by Crippen LogP contribution is -2.34. The first-order chi connectivity index (χ1) is 12.6. The number of aromatic nitrogens is 4. The Hall–Kier alpha value is -2.93. The van der Waals surface area contributed by atoms with Crippen molar-refractivity contribution < 1.29 is 4.79 Å². The Balaban J connectivity index is 1.67. The Morgan fingerprint density at radius 1 is 1.19 bits per heavy atom. The van der Waals surface area contributed by atoms with Crippen LogP contribution in [0.4, 0.5) is 0 Å². The second kappa shape index (κ2) is 7.97. The normalized spacial score (nSPS) is 10.7. The summed E-state index contributed by atoms with van der Waals surface area (Å²) >= 11 is 6.13. The highest BCUT2D eigenvalue weighted by Gasteiger charge is 2.15. The third-order valence-corrected chi connectivity index (χ3v) is 4.18. The van der Waals surface area contributed by atoms with Gasteiger partial charge in [0.1, 0.15) is 12.4 Å². The summed E-state index contributed by atoms with van der Waals surface area (Å²) in [6, 6.07) is 12.6. The predicted octanol–water partition coefficient (Wildman–Crippen LogP) is 1.75. The van der Waals surface area contributed by atoms with Gasteiger partial charge >= 0.3 is 5.69 Å². The van der Waals surface area contributed by atoms with Gasteiger partial charge in [0.25, 0.3) is 0 Å². The highest BCUT2D eigenvalue weighted by atomic mass is 35.5. The number of hydrogen-bond acceptors (Lipinski definition) is 4. The lowest BCUT2D eigenvalue weighted by Gasteiger charge is -2.06. The molecule has 0 aliphatic carbocycles. The van der Waals surface area contributed by atoms with Crippen molar-refractivity contribution in [1.29, 1.82) is 0 Å². The standard InChI is InChI=1S/C18H18ClN5O2/c1-13-22-24(16-8-3-2-7-15(16)19)18(26)23(13)12-17(25)21-11-9-14-6-4-5-10-20-14/h2-8,10H,9,11-12H2,1H3,(H,21,25). The van der Waals surface area contributed by atoms with Crippen molar-refractivity contribution in [3.8, 4) is 5.69 Å². The van der Waals surface area contributed by atoms with Crippen molar-refractivity contribution in [2.45, 2.75) is 19.9 Å². The van der Waals surface area contributed by atoms with Gasteiger partial charge in [-0.2, -0.15) is 9.78 Å².